The van der Waals surface area contributed by atoms with Crippen LogP contribution in [-0.2, 0) is 4.79 Å². The van der Waals surface area contributed by atoms with Crippen molar-refractivity contribution >= 4 is 27.8 Å². The first-order chi connectivity index (χ1) is 7.97. The summed E-state index contributed by atoms with van der Waals surface area (Å²) in [5.74, 6) is -1.68. The van der Waals surface area contributed by atoms with Crippen molar-refractivity contribution in [2.24, 2.45) is 0 Å². The second kappa shape index (κ2) is 5.79. The molecule has 1 rings (SSSR count). The van der Waals surface area contributed by atoms with Crippen molar-refractivity contribution in [3.05, 3.63) is 34.3 Å². The number of aliphatic hydroxyl groups is 1. The van der Waals surface area contributed by atoms with Crippen LogP contribution in [0.4, 0.5) is 0 Å². The second-order valence-electron chi connectivity index (χ2n) is 3.46. The van der Waals surface area contributed by atoms with Crippen LogP contribution in [0.25, 0.3) is 0 Å². The van der Waals surface area contributed by atoms with Gasteiger partial charge in [0, 0.05) is 17.1 Å². The number of hydrogen-bond acceptors (Lipinski definition) is 3. The van der Waals surface area contributed by atoms with Crippen LogP contribution < -0.4 is 0 Å². The third kappa shape index (κ3) is 3.28. The average molecular weight is 302 g/mol. The van der Waals surface area contributed by atoms with E-state index in [2.05, 4.69) is 15.9 Å². The molecule has 0 saturated carbocycles. The quantitative estimate of drug-likeness (QED) is 0.868. The van der Waals surface area contributed by atoms with Crippen LogP contribution in [0, 0.1) is 0 Å². The third-order valence-corrected chi connectivity index (χ3v) is 2.87. The molecule has 0 saturated heterocycles. The molecule has 0 bridgehead atoms. The second-order valence-corrected chi connectivity index (χ2v) is 4.38. The lowest BCUT2D eigenvalue weighted by molar-refractivity contribution is -0.143. The fourth-order valence-corrected chi connectivity index (χ4v) is 1.57. The number of nitrogens with zero attached hydrogens (tertiary/aromatic N) is 1. The van der Waals surface area contributed by atoms with E-state index < -0.39 is 24.5 Å². The number of benzene rings is 1. The van der Waals surface area contributed by atoms with Gasteiger partial charge in [0.1, 0.15) is 0 Å². The van der Waals surface area contributed by atoms with E-state index in [4.69, 9.17) is 10.2 Å². The van der Waals surface area contributed by atoms with Gasteiger partial charge in [-0.2, -0.15) is 0 Å². The van der Waals surface area contributed by atoms with Crippen molar-refractivity contribution in [1.29, 1.82) is 0 Å². The van der Waals surface area contributed by atoms with Crippen molar-refractivity contribution in [2.45, 2.75) is 6.04 Å². The van der Waals surface area contributed by atoms with E-state index in [1.807, 2.05) is 0 Å². The summed E-state index contributed by atoms with van der Waals surface area (Å²) in [6, 6.07) is 5.32. The lowest BCUT2D eigenvalue weighted by Gasteiger charge is -2.23. The maximum atomic E-state index is 11.9. The van der Waals surface area contributed by atoms with Gasteiger partial charge in [-0.05, 0) is 24.3 Å². The molecular weight excluding hydrogens is 290 g/mol. The molecule has 6 heteroatoms. The maximum Gasteiger partial charge on any atom is 0.328 e. The lowest BCUT2D eigenvalue weighted by Crippen LogP contribution is -2.44. The Bertz CT molecular complexity index is 418. The molecular formula is C11H12BrNO4. The first kappa shape index (κ1) is 13.7. The molecule has 0 aliphatic carbocycles. The number of amides is 1. The van der Waals surface area contributed by atoms with Crippen LogP contribution in [0.3, 0.4) is 0 Å². The normalized spacial score (nSPS) is 11.9. The first-order valence-corrected chi connectivity index (χ1v) is 5.63. The van der Waals surface area contributed by atoms with Crippen LogP contribution >= 0.6 is 15.9 Å². The van der Waals surface area contributed by atoms with Gasteiger partial charge in [-0.15, -0.1) is 0 Å². The highest BCUT2D eigenvalue weighted by Crippen LogP contribution is 2.13. The Morgan fingerprint density at radius 2 is 1.88 bits per heavy atom. The molecule has 0 spiro atoms. The van der Waals surface area contributed by atoms with Crippen molar-refractivity contribution < 1.29 is 19.8 Å². The molecule has 0 aromatic heterocycles. The number of likely N-dealkylation sites (N-methyl/N-ethyl adjacent to an activating group) is 1. The fraction of sp³-hybridized carbons (Fsp3) is 0.273. The summed E-state index contributed by atoms with van der Waals surface area (Å²) >= 11 is 3.24. The standard InChI is InChI=1S/C11H12BrNO4/c1-13(9(6-14)11(16)17)10(15)7-2-4-8(12)5-3-7/h2-5,9,14H,6H2,1H3,(H,16,17). The fourth-order valence-electron chi connectivity index (χ4n) is 1.30. The molecule has 1 aromatic rings. The van der Waals surface area contributed by atoms with Crippen molar-refractivity contribution in [3.63, 3.8) is 0 Å². The molecule has 0 radical (unpaired) electrons. The van der Waals surface area contributed by atoms with Gasteiger partial charge in [-0.3, -0.25) is 4.79 Å². The Balaban J connectivity index is 2.89. The van der Waals surface area contributed by atoms with E-state index in [1.54, 1.807) is 24.3 Å². The smallest absolute Gasteiger partial charge is 0.328 e. The highest BCUT2D eigenvalue weighted by Gasteiger charge is 2.26. The zero-order valence-corrected chi connectivity index (χ0v) is 10.7. The number of hydrogen-bond donors (Lipinski definition) is 2. The Labute approximate surface area is 107 Å². The monoisotopic (exact) mass is 301 g/mol. The number of halogens is 1. The van der Waals surface area contributed by atoms with E-state index in [9.17, 15) is 9.59 Å². The number of aliphatic hydroxyl groups excluding tert-OH is 1. The number of aliphatic carboxylic acids is 1. The molecule has 0 fully saturated rings. The summed E-state index contributed by atoms with van der Waals surface area (Å²) in [7, 11) is 1.35. The van der Waals surface area contributed by atoms with Gasteiger partial charge in [-0.1, -0.05) is 15.9 Å². The zero-order chi connectivity index (χ0) is 13.0. The van der Waals surface area contributed by atoms with Crippen LogP contribution in [-0.4, -0.2) is 46.7 Å². The van der Waals surface area contributed by atoms with Gasteiger partial charge < -0.3 is 15.1 Å². The molecule has 1 unspecified atom stereocenters. The number of carbonyl (C=O) groups excluding carboxylic acids is 1. The number of rotatable bonds is 4. The Morgan fingerprint density at radius 1 is 1.35 bits per heavy atom. The van der Waals surface area contributed by atoms with E-state index >= 15 is 0 Å². The van der Waals surface area contributed by atoms with E-state index in [0.29, 0.717) is 5.56 Å². The SMILES string of the molecule is CN(C(=O)c1ccc(Br)cc1)C(CO)C(=O)O. The maximum absolute atomic E-state index is 11.9. The first-order valence-electron chi connectivity index (χ1n) is 4.83. The van der Waals surface area contributed by atoms with Gasteiger partial charge in [-0.25, -0.2) is 4.79 Å². The Kier molecular flexibility index (Phi) is 4.65. The molecule has 0 aliphatic rings. The van der Waals surface area contributed by atoms with Gasteiger partial charge in [0.15, 0.2) is 6.04 Å². The predicted molar refractivity (Wildman–Crippen MR) is 64.7 cm³/mol. The molecule has 1 amide bonds. The Hall–Kier alpha value is -1.40. The van der Waals surface area contributed by atoms with E-state index in [1.165, 1.54) is 7.05 Å². The van der Waals surface area contributed by atoms with Gasteiger partial charge >= 0.3 is 5.97 Å². The lowest BCUT2D eigenvalue weighted by atomic mass is 10.1. The average Bonchev–Trinajstić information content (AvgIpc) is 2.29. The number of carboxylic acid groups (broad SMARTS) is 1. The third-order valence-electron chi connectivity index (χ3n) is 2.34. The molecule has 1 aromatic carbocycles. The van der Waals surface area contributed by atoms with E-state index in [-0.39, 0.29) is 0 Å². The van der Waals surface area contributed by atoms with Gasteiger partial charge in [0.25, 0.3) is 5.91 Å². The molecule has 0 aliphatic heterocycles. The molecule has 17 heavy (non-hydrogen) atoms. The summed E-state index contributed by atoms with van der Waals surface area (Å²) < 4.78 is 0.827. The minimum absolute atomic E-state index is 0.371. The summed E-state index contributed by atoms with van der Waals surface area (Å²) in [6.45, 7) is -0.617. The Morgan fingerprint density at radius 3 is 2.29 bits per heavy atom. The molecule has 0 heterocycles. The van der Waals surface area contributed by atoms with Crippen molar-refractivity contribution in [1.82, 2.24) is 4.90 Å². The topological polar surface area (TPSA) is 77.8 Å². The minimum Gasteiger partial charge on any atom is -0.480 e. The number of carboxylic acids is 1. The molecule has 92 valence electrons. The zero-order valence-electron chi connectivity index (χ0n) is 9.13. The highest BCUT2D eigenvalue weighted by molar-refractivity contribution is 9.10. The summed E-state index contributed by atoms with van der Waals surface area (Å²) in [5, 5.41) is 17.7. The van der Waals surface area contributed by atoms with Crippen LogP contribution in [0.15, 0.2) is 28.7 Å². The summed E-state index contributed by atoms with van der Waals surface area (Å²) in [4.78, 5) is 23.7. The minimum atomic E-state index is -1.24. The molecule has 5 nitrogen and oxygen atoms in total. The summed E-state index contributed by atoms with van der Waals surface area (Å²) in [6.07, 6.45) is 0. The molecule has 1 atom stereocenters. The van der Waals surface area contributed by atoms with Crippen LogP contribution in [0.1, 0.15) is 10.4 Å². The highest BCUT2D eigenvalue weighted by atomic mass is 79.9. The van der Waals surface area contributed by atoms with Gasteiger partial charge in [0.2, 0.25) is 0 Å². The predicted octanol–water partition coefficient (Wildman–Crippen LogP) is 0.967. The van der Waals surface area contributed by atoms with E-state index in [0.717, 1.165) is 9.37 Å². The van der Waals surface area contributed by atoms with Gasteiger partial charge in [0.05, 0.1) is 6.61 Å². The summed E-state index contributed by atoms with van der Waals surface area (Å²) in [5.41, 5.74) is 0.371. The van der Waals surface area contributed by atoms with Crippen LogP contribution in [0.2, 0.25) is 0 Å². The largest absolute Gasteiger partial charge is 0.480 e. The number of carbonyl (C=O) groups is 2. The van der Waals surface area contributed by atoms with Crippen LogP contribution in [0.5, 0.6) is 0 Å². The molecule has 2 N–H and O–H groups in total. The van der Waals surface area contributed by atoms with Crippen molar-refractivity contribution in [2.75, 3.05) is 13.7 Å². The van der Waals surface area contributed by atoms with Crippen molar-refractivity contribution in [3.8, 4) is 0 Å².